The van der Waals surface area contributed by atoms with Crippen LogP contribution in [0.5, 0.6) is 5.75 Å². The molecule has 2 aromatic rings. The van der Waals surface area contributed by atoms with Crippen molar-refractivity contribution < 1.29 is 9.53 Å². The van der Waals surface area contributed by atoms with Crippen LogP contribution in [0.4, 0.5) is 0 Å². The summed E-state index contributed by atoms with van der Waals surface area (Å²) in [6, 6.07) is 7.56. The zero-order chi connectivity index (χ0) is 17.5. The van der Waals surface area contributed by atoms with Crippen molar-refractivity contribution in [2.45, 2.75) is 33.3 Å². The Morgan fingerprint density at radius 3 is 2.52 bits per heavy atom. The summed E-state index contributed by atoms with van der Waals surface area (Å²) in [5, 5.41) is 14.0. The van der Waals surface area contributed by atoms with E-state index in [1.54, 1.807) is 4.68 Å². The lowest BCUT2D eigenvalue weighted by atomic mass is 10.2. The van der Waals surface area contributed by atoms with Crippen LogP contribution in [-0.4, -0.2) is 47.1 Å². The summed E-state index contributed by atoms with van der Waals surface area (Å²) in [5.74, 6) is 0.601. The molecule has 2 N–H and O–H groups in total. The Kier molecular flexibility index (Phi) is 8.37. The first-order chi connectivity index (χ1) is 11.5. The minimum atomic E-state index is -0.199. The molecule has 0 unspecified atom stereocenters. The molecule has 1 heterocycles. The maximum atomic E-state index is 12.2. The summed E-state index contributed by atoms with van der Waals surface area (Å²) >= 11 is 0. The van der Waals surface area contributed by atoms with Gasteiger partial charge in [-0.2, -0.15) is 0 Å². The highest BCUT2D eigenvalue weighted by Crippen LogP contribution is 2.18. The molecule has 1 aromatic heterocycles. The van der Waals surface area contributed by atoms with Crippen LogP contribution in [0.1, 0.15) is 36.5 Å². The van der Waals surface area contributed by atoms with Crippen LogP contribution >= 0.6 is 12.4 Å². The van der Waals surface area contributed by atoms with Crippen molar-refractivity contribution in [1.82, 2.24) is 25.6 Å². The van der Waals surface area contributed by atoms with E-state index in [-0.39, 0.29) is 24.4 Å². The van der Waals surface area contributed by atoms with E-state index < -0.39 is 0 Å². The summed E-state index contributed by atoms with van der Waals surface area (Å²) in [5.41, 5.74) is 1.89. The van der Waals surface area contributed by atoms with Gasteiger partial charge in [-0.15, -0.1) is 17.5 Å². The maximum Gasteiger partial charge on any atom is 0.273 e. The smallest absolute Gasteiger partial charge is 0.273 e. The Labute approximate surface area is 154 Å². The van der Waals surface area contributed by atoms with Crippen molar-refractivity contribution in [2.24, 2.45) is 0 Å². The second kappa shape index (κ2) is 10.0. The van der Waals surface area contributed by atoms with Gasteiger partial charge >= 0.3 is 0 Å². The molecule has 0 atom stereocenters. The molecule has 0 fully saturated rings. The third kappa shape index (κ3) is 5.72. The highest BCUT2D eigenvalue weighted by atomic mass is 35.5. The third-order valence-electron chi connectivity index (χ3n) is 3.45. The van der Waals surface area contributed by atoms with Crippen molar-refractivity contribution in [3.05, 3.63) is 35.7 Å². The van der Waals surface area contributed by atoms with E-state index >= 15 is 0 Å². The molecule has 0 saturated heterocycles. The molecule has 1 amide bonds. The zero-order valence-corrected chi connectivity index (χ0v) is 15.9. The highest BCUT2D eigenvalue weighted by Gasteiger charge is 2.16. The molecule has 0 bridgehead atoms. The summed E-state index contributed by atoms with van der Waals surface area (Å²) in [6.45, 7) is 7.26. The number of hydrogen-bond acceptors (Lipinski definition) is 5. The van der Waals surface area contributed by atoms with E-state index in [1.807, 2.05) is 52.1 Å². The lowest BCUT2D eigenvalue weighted by Crippen LogP contribution is -2.27. The first-order valence-corrected chi connectivity index (χ1v) is 8.15. The average Bonchev–Trinajstić information content (AvgIpc) is 2.93. The Bertz CT molecular complexity index is 670. The summed E-state index contributed by atoms with van der Waals surface area (Å²) in [7, 11) is 1.88. The standard InChI is InChI=1S/C17H25N5O2.ClH/c1-12(2)24-15-8-6-14(7-9-15)22-13(3)16(20-21-22)17(23)19-11-5-10-18-4;/h6-9,12,18H,5,10-11H2,1-4H3,(H,19,23);1H. The van der Waals surface area contributed by atoms with Crippen LogP contribution in [0.25, 0.3) is 5.69 Å². The average molecular weight is 368 g/mol. The molecular formula is C17H26ClN5O2. The second-order valence-electron chi connectivity index (χ2n) is 5.81. The maximum absolute atomic E-state index is 12.2. The van der Waals surface area contributed by atoms with E-state index in [1.165, 1.54) is 0 Å². The van der Waals surface area contributed by atoms with Crippen LogP contribution in [0, 0.1) is 6.92 Å². The number of halogens is 1. The molecule has 0 radical (unpaired) electrons. The molecule has 0 aliphatic carbocycles. The van der Waals surface area contributed by atoms with Crippen molar-refractivity contribution in [2.75, 3.05) is 20.1 Å². The minimum Gasteiger partial charge on any atom is -0.491 e. The van der Waals surface area contributed by atoms with Gasteiger partial charge in [0, 0.05) is 6.54 Å². The largest absolute Gasteiger partial charge is 0.491 e. The number of nitrogens with zero attached hydrogens (tertiary/aromatic N) is 3. The molecule has 0 aliphatic rings. The van der Waals surface area contributed by atoms with Crippen LogP contribution in [0.2, 0.25) is 0 Å². The lowest BCUT2D eigenvalue weighted by molar-refractivity contribution is 0.0947. The summed E-state index contributed by atoms with van der Waals surface area (Å²) in [6.07, 6.45) is 0.995. The number of ether oxygens (including phenoxy) is 1. The molecule has 7 nitrogen and oxygen atoms in total. The first-order valence-electron chi connectivity index (χ1n) is 8.15. The van der Waals surface area contributed by atoms with Crippen LogP contribution in [0.3, 0.4) is 0 Å². The molecular weight excluding hydrogens is 342 g/mol. The van der Waals surface area contributed by atoms with Crippen LogP contribution < -0.4 is 15.4 Å². The van der Waals surface area contributed by atoms with Crippen LogP contribution in [0.15, 0.2) is 24.3 Å². The van der Waals surface area contributed by atoms with Gasteiger partial charge < -0.3 is 15.4 Å². The van der Waals surface area contributed by atoms with E-state index in [4.69, 9.17) is 4.74 Å². The molecule has 138 valence electrons. The summed E-state index contributed by atoms with van der Waals surface area (Å²) in [4.78, 5) is 12.2. The van der Waals surface area contributed by atoms with Gasteiger partial charge in [0.25, 0.3) is 5.91 Å². The molecule has 8 heteroatoms. The van der Waals surface area contributed by atoms with Gasteiger partial charge in [0.15, 0.2) is 5.69 Å². The van der Waals surface area contributed by atoms with Gasteiger partial charge in [-0.05, 0) is 65.0 Å². The van der Waals surface area contributed by atoms with E-state index in [2.05, 4.69) is 20.9 Å². The van der Waals surface area contributed by atoms with Crippen molar-refractivity contribution in [1.29, 1.82) is 0 Å². The number of carbonyl (C=O) groups excluding carboxylic acids is 1. The fourth-order valence-corrected chi connectivity index (χ4v) is 2.27. The van der Waals surface area contributed by atoms with Gasteiger partial charge in [0.1, 0.15) is 5.75 Å². The number of carbonyl (C=O) groups is 1. The molecule has 0 aliphatic heterocycles. The van der Waals surface area contributed by atoms with E-state index in [0.717, 1.165) is 24.4 Å². The summed E-state index contributed by atoms with van der Waals surface area (Å²) < 4.78 is 7.28. The predicted molar refractivity (Wildman–Crippen MR) is 100.0 cm³/mol. The molecule has 2 rings (SSSR count). The Morgan fingerprint density at radius 1 is 1.24 bits per heavy atom. The van der Waals surface area contributed by atoms with Crippen molar-refractivity contribution >= 4 is 18.3 Å². The number of hydrogen-bond donors (Lipinski definition) is 2. The van der Waals surface area contributed by atoms with Gasteiger partial charge in [-0.3, -0.25) is 4.79 Å². The van der Waals surface area contributed by atoms with E-state index in [9.17, 15) is 4.79 Å². The van der Waals surface area contributed by atoms with Gasteiger partial charge in [0.05, 0.1) is 17.5 Å². The van der Waals surface area contributed by atoms with Gasteiger partial charge in [0.2, 0.25) is 0 Å². The predicted octanol–water partition coefficient (Wildman–Crippen LogP) is 2.12. The fourth-order valence-electron chi connectivity index (χ4n) is 2.27. The monoisotopic (exact) mass is 367 g/mol. The number of nitrogens with one attached hydrogen (secondary N) is 2. The lowest BCUT2D eigenvalue weighted by Gasteiger charge is -2.10. The van der Waals surface area contributed by atoms with E-state index in [0.29, 0.717) is 17.9 Å². The van der Waals surface area contributed by atoms with Crippen molar-refractivity contribution in [3.63, 3.8) is 0 Å². The SMILES string of the molecule is CNCCCNC(=O)c1nnn(-c2ccc(OC(C)C)cc2)c1C.Cl. The number of benzene rings is 1. The molecule has 25 heavy (non-hydrogen) atoms. The number of amides is 1. The second-order valence-corrected chi connectivity index (χ2v) is 5.81. The van der Waals surface area contributed by atoms with Crippen molar-refractivity contribution in [3.8, 4) is 11.4 Å². The van der Waals surface area contributed by atoms with Gasteiger partial charge in [-0.25, -0.2) is 4.68 Å². The molecule has 0 saturated carbocycles. The highest BCUT2D eigenvalue weighted by molar-refractivity contribution is 5.93. The normalized spacial score (nSPS) is 10.4. The number of rotatable bonds is 8. The van der Waals surface area contributed by atoms with Crippen LogP contribution in [-0.2, 0) is 0 Å². The molecule has 0 spiro atoms. The topological polar surface area (TPSA) is 81.1 Å². The Balaban J connectivity index is 0.00000312. The zero-order valence-electron chi connectivity index (χ0n) is 15.1. The number of aromatic nitrogens is 3. The Hall–Kier alpha value is -2.12. The fraction of sp³-hybridized carbons (Fsp3) is 0.471. The Morgan fingerprint density at radius 2 is 1.92 bits per heavy atom. The molecule has 1 aromatic carbocycles. The van der Waals surface area contributed by atoms with Gasteiger partial charge in [-0.1, -0.05) is 5.21 Å². The quantitative estimate of drug-likeness (QED) is 0.698. The minimum absolute atomic E-state index is 0. The third-order valence-corrected chi connectivity index (χ3v) is 3.45. The first kappa shape index (κ1) is 20.9.